The van der Waals surface area contributed by atoms with E-state index in [2.05, 4.69) is 35.3 Å². The first kappa shape index (κ1) is 20.5. The predicted octanol–water partition coefficient (Wildman–Crippen LogP) is 5.45. The lowest BCUT2D eigenvalue weighted by atomic mass is 10.0. The van der Waals surface area contributed by atoms with Crippen LogP contribution in [0.1, 0.15) is 25.5 Å². The molecule has 2 aliphatic carbocycles. The molecular formula is C28H22N4O. The van der Waals surface area contributed by atoms with Gasteiger partial charge in [-0.2, -0.15) is 10.2 Å². The zero-order valence-electron chi connectivity index (χ0n) is 18.4. The highest BCUT2D eigenvalue weighted by atomic mass is 16.1. The standard InChI is InChI=1S/C22H18N4O.C6H4/c1-4-16-11-8-14-25-22(16)20(21(24-25)17-9-6-5-7-10-17)18-12-13-19(27)26(23-18)15(2)3;1-2-5-4-6(5)3-1/h1,5-15H,2-3H3;1-4H. The summed E-state index contributed by atoms with van der Waals surface area (Å²) in [5, 5.41) is 9.37. The molecule has 6 rings (SSSR count). The Balaban J connectivity index is 0.000000324. The van der Waals surface area contributed by atoms with Gasteiger partial charge in [0.1, 0.15) is 5.69 Å². The summed E-state index contributed by atoms with van der Waals surface area (Å²) in [5.74, 6) is 2.74. The fourth-order valence-corrected chi connectivity index (χ4v) is 3.86. The third-order valence-corrected chi connectivity index (χ3v) is 5.54. The molecule has 3 heterocycles. The number of nitrogens with zero attached hydrogens (tertiary/aromatic N) is 4. The third-order valence-electron chi connectivity index (χ3n) is 5.54. The molecule has 160 valence electrons. The Morgan fingerprint density at radius 3 is 2.18 bits per heavy atom. The Morgan fingerprint density at radius 1 is 0.848 bits per heavy atom. The van der Waals surface area contributed by atoms with Crippen LogP contribution < -0.4 is 5.56 Å². The number of hydrogen-bond donors (Lipinski definition) is 0. The maximum Gasteiger partial charge on any atom is 0.267 e. The number of terminal acetylenes is 1. The van der Waals surface area contributed by atoms with Crippen LogP contribution in [0.25, 0.3) is 39.2 Å². The van der Waals surface area contributed by atoms with E-state index in [1.807, 2.05) is 62.5 Å². The summed E-state index contributed by atoms with van der Waals surface area (Å²) in [6.07, 6.45) is 7.61. The van der Waals surface area contributed by atoms with Gasteiger partial charge in [-0.3, -0.25) is 4.79 Å². The summed E-state index contributed by atoms with van der Waals surface area (Å²) >= 11 is 0. The van der Waals surface area contributed by atoms with Crippen LogP contribution in [0.5, 0.6) is 0 Å². The van der Waals surface area contributed by atoms with Crippen molar-refractivity contribution in [1.29, 1.82) is 0 Å². The minimum atomic E-state index is -0.136. The lowest BCUT2D eigenvalue weighted by Gasteiger charge is -2.11. The molecule has 4 aromatic rings. The van der Waals surface area contributed by atoms with E-state index in [4.69, 9.17) is 11.5 Å². The molecule has 0 aliphatic heterocycles. The Labute approximate surface area is 192 Å². The first-order valence-electron chi connectivity index (χ1n) is 10.8. The summed E-state index contributed by atoms with van der Waals surface area (Å²) in [6, 6.07) is 25.4. The van der Waals surface area contributed by atoms with Crippen molar-refractivity contribution in [3.8, 4) is 46.0 Å². The number of aromatic nitrogens is 4. The number of benzene rings is 2. The molecule has 0 unspecified atom stereocenters. The van der Waals surface area contributed by atoms with Gasteiger partial charge in [0.2, 0.25) is 0 Å². The molecule has 0 saturated heterocycles. The van der Waals surface area contributed by atoms with Crippen LogP contribution in [-0.4, -0.2) is 19.4 Å². The fraction of sp³-hybridized carbons (Fsp3) is 0.107. The van der Waals surface area contributed by atoms with Crippen molar-refractivity contribution in [2.45, 2.75) is 19.9 Å². The Bertz CT molecular complexity index is 1550. The Morgan fingerprint density at radius 2 is 1.58 bits per heavy atom. The summed E-state index contributed by atoms with van der Waals surface area (Å²) in [5.41, 5.74) is 7.48. The average molecular weight is 431 g/mol. The van der Waals surface area contributed by atoms with Crippen molar-refractivity contribution >= 4 is 5.52 Å². The van der Waals surface area contributed by atoms with Crippen LogP contribution in [0.4, 0.5) is 0 Å². The van der Waals surface area contributed by atoms with Gasteiger partial charge in [0.25, 0.3) is 5.56 Å². The van der Waals surface area contributed by atoms with E-state index in [1.165, 1.54) is 15.8 Å². The smallest absolute Gasteiger partial charge is 0.267 e. The number of hydrogen-bond acceptors (Lipinski definition) is 3. The molecule has 33 heavy (non-hydrogen) atoms. The molecule has 0 fully saturated rings. The maximum absolute atomic E-state index is 12.2. The SMILES string of the molecule is C#Cc1cccn2nc(-c3ccccc3)c(-c3ccc(=O)n(C(C)C)n3)c12.c1cc2cc-2c1. The molecular weight excluding hydrogens is 408 g/mol. The molecule has 0 bridgehead atoms. The zero-order valence-corrected chi connectivity index (χ0v) is 18.4. The van der Waals surface area contributed by atoms with Crippen LogP contribution in [0.2, 0.25) is 0 Å². The van der Waals surface area contributed by atoms with Crippen LogP contribution in [0.15, 0.2) is 89.9 Å². The lowest BCUT2D eigenvalue weighted by Crippen LogP contribution is -2.23. The second-order valence-corrected chi connectivity index (χ2v) is 8.12. The highest BCUT2D eigenvalue weighted by molar-refractivity contribution is 5.93. The fourth-order valence-electron chi connectivity index (χ4n) is 3.86. The van der Waals surface area contributed by atoms with Crippen LogP contribution in [0.3, 0.4) is 0 Å². The molecule has 0 radical (unpaired) electrons. The van der Waals surface area contributed by atoms with Gasteiger partial charge in [-0.1, -0.05) is 54.5 Å². The summed E-state index contributed by atoms with van der Waals surface area (Å²) in [7, 11) is 0. The summed E-state index contributed by atoms with van der Waals surface area (Å²) < 4.78 is 3.26. The number of rotatable bonds is 3. The first-order valence-corrected chi connectivity index (χ1v) is 10.8. The highest BCUT2D eigenvalue weighted by Gasteiger charge is 2.20. The van der Waals surface area contributed by atoms with E-state index < -0.39 is 0 Å². The van der Waals surface area contributed by atoms with E-state index >= 15 is 0 Å². The molecule has 2 aliphatic rings. The van der Waals surface area contributed by atoms with E-state index in [-0.39, 0.29) is 11.6 Å². The van der Waals surface area contributed by atoms with Crippen molar-refractivity contribution in [3.05, 3.63) is 101 Å². The highest BCUT2D eigenvalue weighted by Crippen LogP contribution is 2.35. The van der Waals surface area contributed by atoms with Gasteiger partial charge in [0, 0.05) is 17.8 Å². The lowest BCUT2D eigenvalue weighted by molar-refractivity contribution is 0.505. The van der Waals surface area contributed by atoms with E-state index in [0.717, 1.165) is 27.9 Å². The van der Waals surface area contributed by atoms with Crippen molar-refractivity contribution in [2.24, 2.45) is 0 Å². The molecule has 1 aromatic carbocycles. The van der Waals surface area contributed by atoms with Gasteiger partial charge < -0.3 is 0 Å². The topological polar surface area (TPSA) is 52.2 Å². The third kappa shape index (κ3) is 3.83. The van der Waals surface area contributed by atoms with Gasteiger partial charge >= 0.3 is 0 Å². The summed E-state index contributed by atoms with van der Waals surface area (Å²) in [4.78, 5) is 12.2. The normalized spacial score (nSPS) is 11.1. The van der Waals surface area contributed by atoms with Crippen molar-refractivity contribution in [3.63, 3.8) is 0 Å². The Hall–Kier alpha value is -4.43. The van der Waals surface area contributed by atoms with Gasteiger partial charge in [-0.05, 0) is 49.2 Å². The van der Waals surface area contributed by atoms with Gasteiger partial charge in [0.15, 0.2) is 0 Å². The number of pyridine rings is 1. The Kier molecular flexibility index (Phi) is 5.12. The second kappa shape index (κ2) is 8.25. The molecule has 3 aromatic heterocycles. The van der Waals surface area contributed by atoms with E-state index in [1.54, 1.807) is 16.6 Å². The molecule has 0 saturated carbocycles. The van der Waals surface area contributed by atoms with Crippen molar-refractivity contribution in [1.82, 2.24) is 19.4 Å². The number of fused-ring (bicyclic) bond motifs is 2. The molecule has 5 heteroatoms. The predicted molar refractivity (Wildman–Crippen MR) is 132 cm³/mol. The maximum atomic E-state index is 12.2. The first-order chi connectivity index (χ1) is 16.1. The van der Waals surface area contributed by atoms with Gasteiger partial charge in [-0.25, -0.2) is 9.20 Å². The molecule has 0 spiro atoms. The van der Waals surface area contributed by atoms with E-state index in [9.17, 15) is 4.79 Å². The van der Waals surface area contributed by atoms with Crippen LogP contribution in [0, 0.1) is 12.3 Å². The minimum absolute atomic E-state index is 0.0495. The second-order valence-electron chi connectivity index (χ2n) is 8.12. The van der Waals surface area contributed by atoms with Gasteiger partial charge in [0.05, 0.1) is 28.4 Å². The van der Waals surface area contributed by atoms with E-state index in [0.29, 0.717) is 5.69 Å². The monoisotopic (exact) mass is 430 g/mol. The molecule has 0 N–H and O–H groups in total. The molecule has 5 nitrogen and oxygen atoms in total. The molecule has 0 amide bonds. The average Bonchev–Trinajstić information content (AvgIpc) is 3.25. The zero-order chi connectivity index (χ0) is 22.9. The van der Waals surface area contributed by atoms with Crippen molar-refractivity contribution in [2.75, 3.05) is 0 Å². The summed E-state index contributed by atoms with van der Waals surface area (Å²) in [6.45, 7) is 3.86. The van der Waals surface area contributed by atoms with Crippen LogP contribution in [-0.2, 0) is 0 Å². The van der Waals surface area contributed by atoms with Crippen LogP contribution >= 0.6 is 0 Å². The van der Waals surface area contributed by atoms with Crippen molar-refractivity contribution < 1.29 is 0 Å². The molecule has 0 atom stereocenters. The largest absolute Gasteiger partial charge is 0.268 e. The quantitative estimate of drug-likeness (QED) is 0.351. The van der Waals surface area contributed by atoms with Gasteiger partial charge in [-0.15, -0.1) is 6.42 Å². The minimum Gasteiger partial charge on any atom is -0.268 e.